The molecular formula is C11H15BrF5NO2S. The van der Waals surface area contributed by atoms with Crippen molar-refractivity contribution in [1.82, 2.24) is 0 Å². The molecule has 1 aromatic carbocycles. The van der Waals surface area contributed by atoms with Crippen molar-refractivity contribution >= 4 is 26.2 Å². The third kappa shape index (κ3) is 4.07. The maximum Gasteiger partial charge on any atom is 0.310 e. The Morgan fingerprint density at radius 1 is 1.10 bits per heavy atom. The second-order valence-electron chi connectivity index (χ2n) is 4.33. The molecule has 0 aromatic heterocycles. The van der Waals surface area contributed by atoms with Crippen molar-refractivity contribution in [3.8, 4) is 0 Å². The summed E-state index contributed by atoms with van der Waals surface area (Å²) < 4.78 is 75.1. The molecule has 0 saturated heterocycles. The van der Waals surface area contributed by atoms with Crippen LogP contribution in [0.3, 0.4) is 0 Å². The van der Waals surface area contributed by atoms with Gasteiger partial charge in [0.15, 0.2) is 0 Å². The van der Waals surface area contributed by atoms with E-state index in [2.05, 4.69) is 15.9 Å². The molecule has 0 aliphatic rings. The minimum atomic E-state index is -9.83. The van der Waals surface area contributed by atoms with Gasteiger partial charge < -0.3 is 15.2 Å². The molecule has 10 heteroatoms. The Morgan fingerprint density at radius 2 is 1.62 bits per heavy atom. The van der Waals surface area contributed by atoms with Crippen LogP contribution in [-0.4, -0.2) is 19.5 Å². The van der Waals surface area contributed by atoms with Crippen molar-refractivity contribution in [2.24, 2.45) is 5.73 Å². The summed E-state index contributed by atoms with van der Waals surface area (Å²) in [6, 6.07) is 1.91. The Hall–Kier alpha value is -0.420. The summed E-state index contributed by atoms with van der Waals surface area (Å²) in [6.07, 6.45) is 0. The van der Waals surface area contributed by atoms with Crippen LogP contribution < -0.4 is 5.73 Å². The Bertz CT molecular complexity index is 524. The summed E-state index contributed by atoms with van der Waals surface area (Å²) in [5.41, 5.74) is 4.99. The van der Waals surface area contributed by atoms with Crippen molar-refractivity contribution in [1.29, 1.82) is 0 Å². The lowest BCUT2D eigenvalue weighted by atomic mass is 10.0. The molecule has 124 valence electrons. The van der Waals surface area contributed by atoms with Gasteiger partial charge in [-0.25, -0.2) is 0 Å². The Balaban J connectivity index is 3.66. The topological polar surface area (TPSA) is 44.5 Å². The summed E-state index contributed by atoms with van der Waals surface area (Å²) in [6.45, 7) is -0.333. The summed E-state index contributed by atoms with van der Waals surface area (Å²) in [7, 11) is -7.44. The van der Waals surface area contributed by atoms with Gasteiger partial charge in [-0.15, -0.1) is 0 Å². The molecule has 0 unspecified atom stereocenters. The third-order valence-corrected chi connectivity index (χ3v) is 4.79. The highest BCUT2D eigenvalue weighted by Crippen LogP contribution is 3.02. The number of alkyl halides is 1. The summed E-state index contributed by atoms with van der Waals surface area (Å²) in [4.78, 5) is -2.02. The van der Waals surface area contributed by atoms with Gasteiger partial charge in [-0.2, -0.15) is 0 Å². The molecule has 2 N–H and O–H groups in total. The molecule has 0 radical (unpaired) electrons. The molecular weight excluding hydrogens is 385 g/mol. The maximum absolute atomic E-state index is 13.0. The average Bonchev–Trinajstić information content (AvgIpc) is 2.38. The van der Waals surface area contributed by atoms with Crippen LogP contribution in [0.5, 0.6) is 0 Å². The van der Waals surface area contributed by atoms with Crippen molar-refractivity contribution in [3.63, 3.8) is 0 Å². The number of nitrogens with two attached hydrogens (primary N) is 1. The minimum absolute atomic E-state index is 0.0548. The lowest BCUT2D eigenvalue weighted by Gasteiger charge is -2.41. The van der Waals surface area contributed by atoms with Crippen LogP contribution in [0.4, 0.5) is 19.4 Å². The molecule has 0 heterocycles. The van der Waals surface area contributed by atoms with Crippen LogP contribution in [0.15, 0.2) is 23.1 Å². The molecule has 21 heavy (non-hydrogen) atoms. The number of hydrogen-bond donors (Lipinski definition) is 1. The first-order chi connectivity index (χ1) is 9.31. The second-order valence-corrected chi connectivity index (χ2v) is 7.30. The van der Waals surface area contributed by atoms with Crippen LogP contribution in [0.25, 0.3) is 0 Å². The van der Waals surface area contributed by atoms with Gasteiger partial charge in [0.1, 0.15) is 4.90 Å². The van der Waals surface area contributed by atoms with Crippen LogP contribution in [0.2, 0.25) is 0 Å². The van der Waals surface area contributed by atoms with Crippen LogP contribution >= 0.6 is 26.2 Å². The van der Waals surface area contributed by atoms with Crippen LogP contribution in [0.1, 0.15) is 11.1 Å². The first kappa shape index (κ1) is 18.6. The van der Waals surface area contributed by atoms with Gasteiger partial charge in [0, 0.05) is 26.3 Å². The summed E-state index contributed by atoms with van der Waals surface area (Å²) in [5, 5.41) is -0.0548. The van der Waals surface area contributed by atoms with Gasteiger partial charge >= 0.3 is 10.2 Å². The monoisotopic (exact) mass is 399 g/mol. The van der Waals surface area contributed by atoms with Crippen molar-refractivity contribution in [3.05, 3.63) is 29.3 Å². The Kier molecular flexibility index (Phi) is 4.48. The van der Waals surface area contributed by atoms with E-state index in [1.54, 1.807) is 0 Å². The van der Waals surface area contributed by atoms with Gasteiger partial charge in [-0.3, -0.25) is 0 Å². The van der Waals surface area contributed by atoms with E-state index in [0.717, 1.165) is 0 Å². The highest BCUT2D eigenvalue weighted by molar-refractivity contribution is 9.09. The number of rotatable bonds is 6. The van der Waals surface area contributed by atoms with E-state index in [9.17, 15) is 19.4 Å². The van der Waals surface area contributed by atoms with E-state index < -0.39 is 20.9 Å². The standard InChI is InChI=1S/C11H15BrF5NO2S/c1-19-11(7-12,20-2)9-3-8(6-18)4-10(5-9)21(13,14,15,16)17/h3-5H,6-7,18H2,1-2H3. The van der Waals surface area contributed by atoms with Gasteiger partial charge in [-0.1, -0.05) is 35.4 Å². The van der Waals surface area contributed by atoms with E-state index in [1.807, 2.05) is 0 Å². The number of methoxy groups -OCH3 is 2. The molecule has 0 aliphatic carbocycles. The van der Waals surface area contributed by atoms with E-state index in [-0.39, 0.29) is 23.0 Å². The maximum atomic E-state index is 13.0. The van der Waals surface area contributed by atoms with Gasteiger partial charge in [-0.05, 0) is 23.8 Å². The molecule has 0 bridgehead atoms. The smallest absolute Gasteiger partial charge is 0.310 e. The average molecular weight is 400 g/mol. The van der Waals surface area contributed by atoms with Gasteiger partial charge in [0.2, 0.25) is 5.79 Å². The Morgan fingerprint density at radius 3 is 1.95 bits per heavy atom. The number of hydrogen-bond acceptors (Lipinski definition) is 3. The first-order valence-corrected chi connectivity index (χ1v) is 8.64. The van der Waals surface area contributed by atoms with Gasteiger partial charge in [0.05, 0.1) is 5.33 Å². The molecule has 0 saturated carbocycles. The molecule has 0 atom stereocenters. The predicted octanol–water partition coefficient (Wildman–Crippen LogP) is 4.64. The van der Waals surface area contributed by atoms with E-state index in [1.165, 1.54) is 20.3 Å². The molecule has 0 spiro atoms. The number of ether oxygens (including phenoxy) is 2. The largest absolute Gasteiger partial charge is 0.349 e. The summed E-state index contributed by atoms with van der Waals surface area (Å²) in [5.74, 6) is -1.62. The second kappa shape index (κ2) is 5.05. The zero-order chi connectivity index (χ0) is 16.6. The molecule has 1 aromatic rings. The van der Waals surface area contributed by atoms with Crippen LogP contribution in [0, 0.1) is 0 Å². The summed E-state index contributed by atoms with van der Waals surface area (Å²) >= 11 is 3.04. The van der Waals surface area contributed by atoms with Crippen LogP contribution in [-0.2, 0) is 21.8 Å². The number of benzene rings is 1. The fourth-order valence-electron chi connectivity index (χ4n) is 1.73. The predicted molar refractivity (Wildman–Crippen MR) is 75.2 cm³/mol. The highest BCUT2D eigenvalue weighted by Gasteiger charge is 2.65. The van der Waals surface area contributed by atoms with E-state index in [4.69, 9.17) is 15.2 Å². The third-order valence-electron chi connectivity index (χ3n) is 2.92. The molecule has 0 fully saturated rings. The highest BCUT2D eigenvalue weighted by atomic mass is 79.9. The lowest BCUT2D eigenvalue weighted by molar-refractivity contribution is -0.197. The fraction of sp³-hybridized carbons (Fsp3) is 0.455. The van der Waals surface area contributed by atoms with Crippen molar-refractivity contribution in [2.45, 2.75) is 17.2 Å². The molecule has 1 rings (SSSR count). The zero-order valence-electron chi connectivity index (χ0n) is 11.2. The fourth-order valence-corrected chi connectivity index (χ4v) is 3.23. The quantitative estimate of drug-likeness (QED) is 0.430. The zero-order valence-corrected chi connectivity index (χ0v) is 13.6. The van der Waals surface area contributed by atoms with E-state index in [0.29, 0.717) is 12.1 Å². The minimum Gasteiger partial charge on any atom is -0.349 e. The SMILES string of the molecule is COC(CBr)(OC)c1cc(CN)cc(S(F)(F)(F)(F)F)c1. The van der Waals surface area contributed by atoms with Crippen molar-refractivity contribution in [2.75, 3.05) is 19.5 Å². The molecule has 3 nitrogen and oxygen atoms in total. The normalized spacial score (nSPS) is 16.4. The lowest BCUT2D eigenvalue weighted by Crippen LogP contribution is -2.33. The van der Waals surface area contributed by atoms with E-state index >= 15 is 0 Å². The number of halogens is 6. The van der Waals surface area contributed by atoms with Crippen molar-refractivity contribution < 1.29 is 28.9 Å². The molecule has 0 aliphatic heterocycles. The molecule has 0 amide bonds. The van der Waals surface area contributed by atoms with Gasteiger partial charge in [0.25, 0.3) is 0 Å². The first-order valence-electron chi connectivity index (χ1n) is 5.57. The Labute approximate surface area is 127 Å².